The van der Waals surface area contributed by atoms with E-state index >= 15 is 0 Å². The average molecular weight is 867 g/mol. The Morgan fingerprint density at radius 3 is 2.48 bits per heavy atom. The summed E-state index contributed by atoms with van der Waals surface area (Å²) in [6.07, 6.45) is 20.9. The maximum absolute atomic E-state index is 13.2. The quantitative estimate of drug-likeness (QED) is 0.113. The molecule has 10 atom stereocenters. The minimum absolute atomic E-state index is 0.0163. The number of nitrogens with one attached hydrogen (secondary N) is 2. The molecule has 2 heterocycles. The van der Waals surface area contributed by atoms with E-state index in [1.54, 1.807) is 25.4 Å². The fraction of sp³-hybridized carbons (Fsp3) is 0.667. The molecule has 8 rings (SSSR count). The lowest BCUT2D eigenvalue weighted by molar-refractivity contribution is -0.158. The minimum atomic E-state index is -0.358. The van der Waals surface area contributed by atoms with Crippen molar-refractivity contribution >= 4 is 44.5 Å². The van der Waals surface area contributed by atoms with Crippen molar-refractivity contribution in [1.29, 1.82) is 0 Å². The maximum atomic E-state index is 13.2. The Morgan fingerprint density at radius 2 is 1.68 bits per heavy atom. The van der Waals surface area contributed by atoms with Gasteiger partial charge in [0.05, 0.1) is 29.1 Å². The molecule has 4 unspecified atom stereocenters. The number of rotatable bonds is 15. The first kappa shape index (κ1) is 44.6. The van der Waals surface area contributed by atoms with Crippen molar-refractivity contribution in [2.75, 3.05) is 12.4 Å². The van der Waals surface area contributed by atoms with Crippen molar-refractivity contribution in [3.8, 4) is 11.5 Å². The summed E-state index contributed by atoms with van der Waals surface area (Å²) in [7, 11) is 1.56. The zero-order chi connectivity index (χ0) is 43.6. The van der Waals surface area contributed by atoms with Crippen LogP contribution in [0.2, 0.25) is 0 Å². The van der Waals surface area contributed by atoms with Gasteiger partial charge in [-0.25, -0.2) is 4.98 Å². The topological polar surface area (TPSA) is 129 Å². The molecule has 336 valence electrons. The number of benzene rings is 1. The highest BCUT2D eigenvalue weighted by Crippen LogP contribution is 2.67. The van der Waals surface area contributed by atoms with E-state index in [0.717, 1.165) is 95.8 Å². The van der Waals surface area contributed by atoms with Gasteiger partial charge in [0.2, 0.25) is 0 Å². The summed E-state index contributed by atoms with van der Waals surface area (Å²) in [5.74, 6) is 5.01. The van der Waals surface area contributed by atoms with E-state index in [2.05, 4.69) is 56.3 Å². The molecule has 0 saturated heterocycles. The van der Waals surface area contributed by atoms with Crippen LogP contribution in [0.15, 0.2) is 48.2 Å². The van der Waals surface area contributed by atoms with Crippen molar-refractivity contribution in [2.24, 2.45) is 46.3 Å². The van der Waals surface area contributed by atoms with Crippen molar-refractivity contribution in [3.05, 3.63) is 53.9 Å². The molecule has 0 spiro atoms. The normalized spacial score (nSPS) is 31.0. The van der Waals surface area contributed by atoms with E-state index in [1.807, 2.05) is 18.2 Å². The van der Waals surface area contributed by atoms with Crippen LogP contribution < -0.4 is 15.4 Å². The molecule has 1 amide bonds. The Hall–Kier alpha value is -3.99. The molecule has 0 aliphatic heterocycles. The Balaban J connectivity index is 0.803. The highest BCUT2D eigenvalue weighted by Gasteiger charge is 2.59. The fourth-order valence-corrected chi connectivity index (χ4v) is 13.8. The highest BCUT2D eigenvalue weighted by molar-refractivity contribution is 7.22. The van der Waals surface area contributed by atoms with Crippen LogP contribution in [0.1, 0.15) is 154 Å². The molecular formula is C51H70N4O6S. The van der Waals surface area contributed by atoms with Crippen LogP contribution in [0.5, 0.6) is 11.5 Å². The van der Waals surface area contributed by atoms with Gasteiger partial charge in [-0.3, -0.25) is 19.4 Å². The number of carbonyl (C=O) groups excluding carboxylic acids is 3. The molecule has 3 aromatic rings. The standard InChI is InChI=1S/C51H70N4O6S/c1-31(2)10-9-11-32(3)38-17-18-39-37-16-14-33-28-35(22-25-50(33,4)40(37)23-26-51(38,39)5)60-46(56)20-21-47(57)61-44-13-8-7-12-41(44)54-49-55-42-19-15-34(30-45(42)62-49)59-36-24-27-53-43(29-36)48(58)52-6/h14-15,19,24,27,29-32,35,37-41,44H,7-13,16-18,20-23,25-26,28H2,1-6H3,(H,52,58)(H,54,55)/t32-,35+,37?,38-,39?,40?,41+,44?,50+,51-/m1/s1. The van der Waals surface area contributed by atoms with Crippen molar-refractivity contribution in [2.45, 2.75) is 162 Å². The summed E-state index contributed by atoms with van der Waals surface area (Å²) in [6, 6.07) is 8.92. The number of anilines is 1. The van der Waals surface area contributed by atoms with Gasteiger partial charge in [0.15, 0.2) is 5.13 Å². The second kappa shape index (κ2) is 19.0. The smallest absolute Gasteiger partial charge is 0.306 e. The van der Waals surface area contributed by atoms with Crippen LogP contribution in [0.3, 0.4) is 0 Å². The van der Waals surface area contributed by atoms with Gasteiger partial charge < -0.3 is 24.8 Å². The van der Waals surface area contributed by atoms with Crippen LogP contribution in [-0.2, 0) is 19.1 Å². The van der Waals surface area contributed by atoms with E-state index < -0.39 is 0 Å². The van der Waals surface area contributed by atoms with Gasteiger partial charge >= 0.3 is 11.9 Å². The lowest BCUT2D eigenvalue weighted by Gasteiger charge is -2.58. The molecular weight excluding hydrogens is 797 g/mol. The van der Waals surface area contributed by atoms with Crippen LogP contribution in [0.4, 0.5) is 5.13 Å². The van der Waals surface area contributed by atoms with Gasteiger partial charge in [-0.15, -0.1) is 0 Å². The maximum Gasteiger partial charge on any atom is 0.306 e. The summed E-state index contributed by atoms with van der Waals surface area (Å²) in [5, 5.41) is 6.88. The van der Waals surface area contributed by atoms with Gasteiger partial charge in [0.1, 0.15) is 29.4 Å². The third-order valence-corrected chi connectivity index (χ3v) is 17.1. The van der Waals surface area contributed by atoms with E-state index in [4.69, 9.17) is 19.2 Å². The summed E-state index contributed by atoms with van der Waals surface area (Å²) in [5.41, 5.74) is 3.30. The third-order valence-electron chi connectivity index (χ3n) is 16.2. The van der Waals surface area contributed by atoms with Crippen molar-refractivity contribution in [1.82, 2.24) is 15.3 Å². The number of thiazole rings is 1. The molecule has 1 aromatic carbocycles. The van der Waals surface area contributed by atoms with Crippen LogP contribution in [-0.4, -0.2) is 53.1 Å². The number of nitrogens with zero attached hydrogens (tertiary/aromatic N) is 2. The molecule has 4 fully saturated rings. The van der Waals surface area contributed by atoms with Crippen molar-refractivity contribution < 1.29 is 28.6 Å². The predicted molar refractivity (Wildman–Crippen MR) is 245 cm³/mol. The van der Waals surface area contributed by atoms with Crippen LogP contribution in [0, 0.1) is 46.3 Å². The lowest BCUT2D eigenvalue weighted by Crippen LogP contribution is -2.51. The van der Waals surface area contributed by atoms with Gasteiger partial charge in [-0.05, 0) is 129 Å². The zero-order valence-electron chi connectivity index (χ0n) is 38.0. The summed E-state index contributed by atoms with van der Waals surface area (Å²) < 4.78 is 19.1. The Labute approximate surface area is 373 Å². The molecule has 5 aliphatic carbocycles. The number of amides is 1. The molecule has 2 N–H and O–H groups in total. The summed E-state index contributed by atoms with van der Waals surface area (Å²) in [6.45, 7) is 12.5. The molecule has 2 aromatic heterocycles. The van der Waals surface area contributed by atoms with E-state index in [0.29, 0.717) is 16.9 Å². The monoisotopic (exact) mass is 867 g/mol. The Morgan fingerprint density at radius 1 is 0.887 bits per heavy atom. The Bertz CT molecular complexity index is 2120. The van der Waals surface area contributed by atoms with Crippen molar-refractivity contribution in [3.63, 3.8) is 0 Å². The van der Waals surface area contributed by atoms with Gasteiger partial charge in [0, 0.05) is 31.8 Å². The molecule has 10 nitrogen and oxygen atoms in total. The number of esters is 2. The third kappa shape index (κ3) is 9.58. The summed E-state index contributed by atoms with van der Waals surface area (Å²) >= 11 is 1.51. The minimum Gasteiger partial charge on any atom is -0.462 e. The Kier molecular flexibility index (Phi) is 13.7. The number of hydrogen-bond acceptors (Lipinski definition) is 10. The SMILES string of the molecule is CNC(=O)c1cc(Oc2ccc3nc(N[C@H]4CCCCC4OC(=O)CCC(=O)O[C@H]4CC[C@@]5(C)C(=CCC6C5CC[C@@]5(C)C6CC[C@@H]5[C@H](C)CCCC(C)C)C4)sc3c2)ccn1. The number of ether oxygens (including phenoxy) is 3. The largest absolute Gasteiger partial charge is 0.462 e. The van der Waals surface area contributed by atoms with Gasteiger partial charge in [0.25, 0.3) is 5.91 Å². The first-order chi connectivity index (χ1) is 29.8. The first-order valence-electron chi connectivity index (χ1n) is 23.9. The van der Waals surface area contributed by atoms with Crippen LogP contribution in [0.25, 0.3) is 10.2 Å². The molecule has 62 heavy (non-hydrogen) atoms. The first-order valence-corrected chi connectivity index (χ1v) is 24.8. The average Bonchev–Trinajstić information content (AvgIpc) is 3.83. The molecule has 4 saturated carbocycles. The fourth-order valence-electron chi connectivity index (χ4n) is 12.9. The number of allylic oxidation sites excluding steroid dienone is 1. The second-order valence-corrected chi connectivity index (χ2v) is 21.4. The molecule has 5 aliphatic rings. The van der Waals surface area contributed by atoms with Gasteiger partial charge in [-0.1, -0.05) is 83.3 Å². The van der Waals surface area contributed by atoms with E-state index in [-0.39, 0.29) is 60.0 Å². The summed E-state index contributed by atoms with van der Waals surface area (Å²) in [4.78, 5) is 47.3. The molecule has 0 bridgehead atoms. The van der Waals surface area contributed by atoms with E-state index in [9.17, 15) is 14.4 Å². The lowest BCUT2D eigenvalue weighted by atomic mass is 9.47. The number of hydrogen-bond donors (Lipinski definition) is 2. The molecule has 11 heteroatoms. The van der Waals surface area contributed by atoms with Gasteiger partial charge in [-0.2, -0.15) is 0 Å². The van der Waals surface area contributed by atoms with E-state index in [1.165, 1.54) is 68.3 Å². The predicted octanol–water partition coefficient (Wildman–Crippen LogP) is 11.8. The number of aromatic nitrogens is 2. The highest BCUT2D eigenvalue weighted by atomic mass is 32.1. The molecule has 0 radical (unpaired) electrons. The number of pyridine rings is 1. The van der Waals surface area contributed by atoms with Crippen LogP contribution >= 0.6 is 11.3 Å². The number of carbonyl (C=O) groups is 3. The second-order valence-electron chi connectivity index (χ2n) is 20.4. The zero-order valence-corrected chi connectivity index (χ0v) is 38.8. The number of fused-ring (bicyclic) bond motifs is 6.